The maximum atomic E-state index is 12.1. The Labute approximate surface area is 156 Å². The largest absolute Gasteiger partial charge is 0.492 e. The van der Waals surface area contributed by atoms with E-state index in [2.05, 4.69) is 5.32 Å². The Bertz CT molecular complexity index is 691. The number of amides is 2. The molecule has 0 aliphatic heterocycles. The number of benzene rings is 1. The zero-order chi connectivity index (χ0) is 18.1. The van der Waals surface area contributed by atoms with Gasteiger partial charge in [-0.2, -0.15) is 0 Å². The van der Waals surface area contributed by atoms with Crippen LogP contribution in [-0.4, -0.2) is 43.5 Å². The lowest BCUT2D eigenvalue weighted by molar-refractivity contribution is -0.130. The van der Waals surface area contributed by atoms with Gasteiger partial charge < -0.3 is 15.0 Å². The van der Waals surface area contributed by atoms with Crippen LogP contribution in [0.1, 0.15) is 22.5 Å². The lowest BCUT2D eigenvalue weighted by Gasteiger charge is -2.17. The number of nitrogens with one attached hydrogen (secondary N) is 1. The van der Waals surface area contributed by atoms with Gasteiger partial charge in [0.25, 0.3) is 5.91 Å². The first-order valence-corrected chi connectivity index (χ1v) is 9.26. The first kappa shape index (κ1) is 19.3. The molecule has 0 aliphatic carbocycles. The molecule has 0 aliphatic rings. The highest BCUT2D eigenvalue weighted by atomic mass is 35.5. The average molecular weight is 381 g/mol. The number of rotatable bonds is 9. The molecule has 1 aromatic heterocycles. The Balaban J connectivity index is 1.59. The van der Waals surface area contributed by atoms with Crippen LogP contribution in [0.3, 0.4) is 0 Å². The van der Waals surface area contributed by atoms with E-state index in [-0.39, 0.29) is 11.8 Å². The van der Waals surface area contributed by atoms with E-state index in [1.54, 1.807) is 30.1 Å². The van der Waals surface area contributed by atoms with Gasteiger partial charge >= 0.3 is 0 Å². The third-order valence-corrected chi connectivity index (χ3v) is 4.62. The lowest BCUT2D eigenvalue weighted by atomic mass is 10.2. The van der Waals surface area contributed by atoms with Crippen LogP contribution in [0.4, 0.5) is 0 Å². The molecule has 0 bridgehead atoms. The van der Waals surface area contributed by atoms with Crippen LogP contribution in [-0.2, 0) is 4.79 Å². The molecule has 5 nitrogen and oxygen atoms in total. The summed E-state index contributed by atoms with van der Waals surface area (Å²) in [6, 6.07) is 10.8. The van der Waals surface area contributed by atoms with E-state index in [9.17, 15) is 9.59 Å². The number of halogens is 1. The minimum Gasteiger partial charge on any atom is -0.492 e. The zero-order valence-electron chi connectivity index (χ0n) is 14.0. The summed E-state index contributed by atoms with van der Waals surface area (Å²) in [5.74, 6) is 0.621. The summed E-state index contributed by atoms with van der Waals surface area (Å²) >= 11 is 7.29. The second-order valence-electron chi connectivity index (χ2n) is 5.46. The van der Waals surface area contributed by atoms with Gasteiger partial charge in [-0.3, -0.25) is 9.59 Å². The fourth-order valence-corrected chi connectivity index (χ4v) is 2.93. The summed E-state index contributed by atoms with van der Waals surface area (Å²) in [7, 11) is 1.74. The van der Waals surface area contributed by atoms with Gasteiger partial charge in [-0.15, -0.1) is 11.3 Å². The van der Waals surface area contributed by atoms with Crippen LogP contribution in [0.2, 0.25) is 5.02 Å². The van der Waals surface area contributed by atoms with Crippen molar-refractivity contribution < 1.29 is 14.3 Å². The molecule has 7 heteroatoms. The maximum absolute atomic E-state index is 12.1. The smallest absolute Gasteiger partial charge is 0.261 e. The third kappa shape index (κ3) is 6.76. The van der Waals surface area contributed by atoms with E-state index in [1.165, 1.54) is 11.3 Å². The minimum atomic E-state index is -0.0919. The lowest BCUT2D eigenvalue weighted by Crippen LogP contribution is -2.31. The van der Waals surface area contributed by atoms with E-state index in [1.807, 2.05) is 23.6 Å². The Morgan fingerprint density at radius 1 is 1.28 bits per heavy atom. The van der Waals surface area contributed by atoms with Crippen LogP contribution >= 0.6 is 22.9 Å². The molecule has 0 unspecified atom stereocenters. The van der Waals surface area contributed by atoms with Crippen LogP contribution in [0.5, 0.6) is 5.75 Å². The second-order valence-corrected chi connectivity index (χ2v) is 6.84. The summed E-state index contributed by atoms with van der Waals surface area (Å²) in [6.07, 6.45) is 0.994. The van der Waals surface area contributed by atoms with Crippen molar-refractivity contribution in [3.63, 3.8) is 0 Å². The molecule has 1 aromatic carbocycles. The number of hydrogen-bond donors (Lipinski definition) is 1. The molecular weight excluding hydrogens is 360 g/mol. The van der Waals surface area contributed by atoms with E-state index >= 15 is 0 Å². The first-order valence-electron chi connectivity index (χ1n) is 8.00. The number of likely N-dealkylation sites (N-methyl/N-ethyl adjacent to an activating group) is 1. The van der Waals surface area contributed by atoms with Crippen molar-refractivity contribution in [2.24, 2.45) is 0 Å². The van der Waals surface area contributed by atoms with Crippen molar-refractivity contribution in [3.8, 4) is 5.75 Å². The molecule has 2 amide bonds. The van der Waals surface area contributed by atoms with E-state index in [0.717, 1.165) is 0 Å². The van der Waals surface area contributed by atoms with Crippen molar-refractivity contribution in [1.29, 1.82) is 0 Å². The Kier molecular flexibility index (Phi) is 7.76. The van der Waals surface area contributed by atoms with Gasteiger partial charge in [-0.1, -0.05) is 23.7 Å². The van der Waals surface area contributed by atoms with E-state index in [4.69, 9.17) is 16.3 Å². The van der Waals surface area contributed by atoms with Crippen molar-refractivity contribution in [1.82, 2.24) is 10.2 Å². The highest BCUT2D eigenvalue weighted by Crippen LogP contribution is 2.16. The third-order valence-electron chi connectivity index (χ3n) is 3.52. The van der Waals surface area contributed by atoms with Gasteiger partial charge in [0.05, 0.1) is 11.4 Å². The molecule has 0 saturated heterocycles. The summed E-state index contributed by atoms with van der Waals surface area (Å²) in [6.45, 7) is 1.37. The van der Waals surface area contributed by atoms with Crippen molar-refractivity contribution >= 4 is 34.8 Å². The van der Waals surface area contributed by atoms with Crippen LogP contribution < -0.4 is 10.1 Å². The standard InChI is InChI=1S/C18H21ClN2O3S/c1-21(10-11-24-15-6-2-5-14(19)13-15)17(22)8-3-9-20-18(23)16-7-4-12-25-16/h2,4-7,12-13H,3,8-11H2,1H3,(H,20,23). The Hall–Kier alpha value is -2.05. The molecule has 0 spiro atoms. The van der Waals surface area contributed by atoms with Gasteiger partial charge in [0.1, 0.15) is 12.4 Å². The van der Waals surface area contributed by atoms with Crippen molar-refractivity contribution in [3.05, 3.63) is 51.7 Å². The molecule has 2 rings (SSSR count). The fraction of sp³-hybridized carbons (Fsp3) is 0.333. The predicted octanol–water partition coefficient (Wildman–Crippen LogP) is 3.45. The quantitative estimate of drug-likeness (QED) is 0.678. The maximum Gasteiger partial charge on any atom is 0.261 e. The highest BCUT2D eigenvalue weighted by Gasteiger charge is 2.10. The molecule has 1 heterocycles. The highest BCUT2D eigenvalue weighted by molar-refractivity contribution is 7.12. The number of carbonyl (C=O) groups excluding carboxylic acids is 2. The molecule has 134 valence electrons. The Morgan fingerprint density at radius 2 is 2.12 bits per heavy atom. The average Bonchev–Trinajstić information content (AvgIpc) is 3.13. The molecule has 1 N–H and O–H groups in total. The van der Waals surface area contributed by atoms with Crippen LogP contribution in [0, 0.1) is 0 Å². The van der Waals surface area contributed by atoms with E-state index in [0.29, 0.717) is 48.2 Å². The molecular formula is C18H21ClN2O3S. The normalized spacial score (nSPS) is 10.3. The minimum absolute atomic E-state index is 0.0278. The summed E-state index contributed by atoms with van der Waals surface area (Å²) < 4.78 is 5.57. The zero-order valence-corrected chi connectivity index (χ0v) is 15.6. The van der Waals surface area contributed by atoms with Crippen molar-refractivity contribution in [2.75, 3.05) is 26.7 Å². The molecule has 2 aromatic rings. The summed E-state index contributed by atoms with van der Waals surface area (Å²) in [4.78, 5) is 26.1. The van der Waals surface area contributed by atoms with Crippen molar-refractivity contribution in [2.45, 2.75) is 12.8 Å². The SMILES string of the molecule is CN(CCOc1cccc(Cl)c1)C(=O)CCCNC(=O)c1cccs1. The van der Waals surface area contributed by atoms with Gasteiger partial charge in [-0.05, 0) is 36.1 Å². The number of hydrogen-bond acceptors (Lipinski definition) is 4. The van der Waals surface area contributed by atoms with Crippen LogP contribution in [0.15, 0.2) is 41.8 Å². The van der Waals surface area contributed by atoms with Gasteiger partial charge in [0, 0.05) is 25.0 Å². The predicted molar refractivity (Wildman–Crippen MR) is 100 cm³/mol. The number of carbonyl (C=O) groups is 2. The van der Waals surface area contributed by atoms with Gasteiger partial charge in [0.2, 0.25) is 5.91 Å². The second kappa shape index (κ2) is 10.1. The van der Waals surface area contributed by atoms with Gasteiger partial charge in [-0.25, -0.2) is 0 Å². The number of thiophene rings is 1. The Morgan fingerprint density at radius 3 is 2.84 bits per heavy atom. The number of nitrogens with zero attached hydrogens (tertiary/aromatic N) is 1. The molecule has 0 saturated carbocycles. The van der Waals surface area contributed by atoms with E-state index < -0.39 is 0 Å². The number of ether oxygens (including phenoxy) is 1. The molecule has 25 heavy (non-hydrogen) atoms. The monoisotopic (exact) mass is 380 g/mol. The summed E-state index contributed by atoms with van der Waals surface area (Å²) in [5, 5.41) is 5.29. The molecule has 0 atom stereocenters. The fourth-order valence-electron chi connectivity index (χ4n) is 2.11. The topological polar surface area (TPSA) is 58.6 Å². The molecule has 0 radical (unpaired) electrons. The molecule has 0 fully saturated rings. The van der Waals surface area contributed by atoms with Crippen LogP contribution in [0.25, 0.3) is 0 Å². The summed E-state index contributed by atoms with van der Waals surface area (Å²) in [5.41, 5.74) is 0. The van der Waals surface area contributed by atoms with Gasteiger partial charge in [0.15, 0.2) is 0 Å². The first-order chi connectivity index (χ1) is 12.1.